The second-order valence-electron chi connectivity index (χ2n) is 6.94. The van der Waals surface area contributed by atoms with Gasteiger partial charge in [0.15, 0.2) is 0 Å². The lowest BCUT2D eigenvalue weighted by Gasteiger charge is -2.36. The first-order valence-electron chi connectivity index (χ1n) is 8.34. The molecule has 0 aromatic heterocycles. The standard InChI is InChI=1S/C18H25FN2O2.ClH/c1-23-13-18(7-9-20-10-8-18)16(22)21-12-17(5-6-17)14-3-2-4-15(19)11-14;/h2-4,11,20H,5-10,12-13H2,1H3,(H,21,22);1H. The monoisotopic (exact) mass is 356 g/mol. The van der Waals surface area contributed by atoms with E-state index >= 15 is 0 Å². The predicted octanol–water partition coefficient (Wildman–Crippen LogP) is 2.41. The van der Waals surface area contributed by atoms with Crippen molar-refractivity contribution in [1.82, 2.24) is 10.6 Å². The van der Waals surface area contributed by atoms with Crippen LogP contribution in [0, 0.1) is 11.2 Å². The van der Waals surface area contributed by atoms with Gasteiger partial charge in [0.25, 0.3) is 0 Å². The van der Waals surface area contributed by atoms with Crippen LogP contribution in [0.4, 0.5) is 4.39 Å². The zero-order valence-corrected chi connectivity index (χ0v) is 14.9. The van der Waals surface area contributed by atoms with E-state index in [0.717, 1.165) is 44.3 Å². The first-order valence-corrected chi connectivity index (χ1v) is 8.34. The van der Waals surface area contributed by atoms with Crippen molar-refractivity contribution in [2.45, 2.75) is 31.1 Å². The Morgan fingerprint density at radius 1 is 1.29 bits per heavy atom. The highest BCUT2D eigenvalue weighted by atomic mass is 35.5. The molecule has 24 heavy (non-hydrogen) atoms. The van der Waals surface area contributed by atoms with Gasteiger partial charge in [-0.1, -0.05) is 12.1 Å². The van der Waals surface area contributed by atoms with Crippen molar-refractivity contribution in [3.63, 3.8) is 0 Å². The summed E-state index contributed by atoms with van der Waals surface area (Å²) in [4.78, 5) is 12.8. The summed E-state index contributed by atoms with van der Waals surface area (Å²) in [5, 5.41) is 6.42. The molecule has 0 unspecified atom stereocenters. The van der Waals surface area contributed by atoms with E-state index in [-0.39, 0.29) is 29.5 Å². The summed E-state index contributed by atoms with van der Waals surface area (Å²) in [5.74, 6) is -0.141. The fourth-order valence-electron chi connectivity index (χ4n) is 3.59. The van der Waals surface area contributed by atoms with Gasteiger partial charge in [-0.25, -0.2) is 4.39 Å². The number of ether oxygens (including phenoxy) is 1. The summed E-state index contributed by atoms with van der Waals surface area (Å²) in [5.41, 5.74) is 0.473. The minimum Gasteiger partial charge on any atom is -0.384 e. The average molecular weight is 357 g/mol. The Labute approximate surface area is 148 Å². The number of halogens is 2. The number of nitrogens with one attached hydrogen (secondary N) is 2. The molecular weight excluding hydrogens is 331 g/mol. The Kier molecular flexibility index (Phi) is 6.23. The highest BCUT2D eigenvalue weighted by molar-refractivity contribution is 5.85. The molecule has 2 fully saturated rings. The molecule has 1 saturated heterocycles. The Balaban J connectivity index is 0.00000208. The van der Waals surface area contributed by atoms with Crippen molar-refractivity contribution in [2.75, 3.05) is 33.4 Å². The third kappa shape index (κ3) is 3.90. The molecule has 1 heterocycles. The van der Waals surface area contributed by atoms with Crippen LogP contribution in [0.15, 0.2) is 24.3 Å². The molecule has 1 aliphatic heterocycles. The highest BCUT2D eigenvalue weighted by Gasteiger charge is 2.46. The van der Waals surface area contributed by atoms with E-state index in [0.29, 0.717) is 13.2 Å². The van der Waals surface area contributed by atoms with E-state index in [4.69, 9.17) is 4.74 Å². The van der Waals surface area contributed by atoms with Gasteiger partial charge in [0.05, 0.1) is 12.0 Å². The number of rotatable bonds is 6. The van der Waals surface area contributed by atoms with Crippen LogP contribution in [0.3, 0.4) is 0 Å². The normalized spacial score (nSPS) is 20.8. The number of amides is 1. The second kappa shape index (κ2) is 7.81. The van der Waals surface area contributed by atoms with Gasteiger partial charge in [-0.3, -0.25) is 4.79 Å². The summed E-state index contributed by atoms with van der Waals surface area (Å²) in [6.07, 6.45) is 3.57. The van der Waals surface area contributed by atoms with Gasteiger partial charge in [0.1, 0.15) is 5.82 Å². The molecule has 6 heteroatoms. The van der Waals surface area contributed by atoms with Crippen molar-refractivity contribution in [2.24, 2.45) is 5.41 Å². The van der Waals surface area contributed by atoms with Crippen molar-refractivity contribution in [1.29, 1.82) is 0 Å². The number of carbonyl (C=O) groups excluding carboxylic acids is 1. The second-order valence-corrected chi connectivity index (χ2v) is 6.94. The summed E-state index contributed by atoms with van der Waals surface area (Å²) in [7, 11) is 1.65. The molecule has 134 valence electrons. The van der Waals surface area contributed by atoms with Gasteiger partial charge >= 0.3 is 0 Å². The van der Waals surface area contributed by atoms with Crippen LogP contribution in [0.25, 0.3) is 0 Å². The van der Waals surface area contributed by atoms with Crippen LogP contribution in [0.2, 0.25) is 0 Å². The topological polar surface area (TPSA) is 50.4 Å². The maximum atomic E-state index is 13.5. The van der Waals surface area contributed by atoms with Gasteiger partial charge in [-0.15, -0.1) is 12.4 Å². The van der Waals surface area contributed by atoms with Gasteiger partial charge in [0, 0.05) is 19.1 Å². The molecule has 2 aliphatic rings. The van der Waals surface area contributed by atoms with Crippen LogP contribution >= 0.6 is 12.4 Å². The summed E-state index contributed by atoms with van der Waals surface area (Å²) < 4.78 is 18.8. The van der Waals surface area contributed by atoms with Crippen LogP contribution in [-0.4, -0.2) is 39.3 Å². The van der Waals surface area contributed by atoms with Crippen LogP contribution in [0.5, 0.6) is 0 Å². The Hall–Kier alpha value is -1.17. The van der Waals surface area contributed by atoms with Crippen LogP contribution < -0.4 is 10.6 Å². The summed E-state index contributed by atoms with van der Waals surface area (Å²) >= 11 is 0. The lowest BCUT2D eigenvalue weighted by molar-refractivity contribution is -0.136. The first kappa shape index (κ1) is 19.2. The Morgan fingerprint density at radius 2 is 2.00 bits per heavy atom. The van der Waals surface area contributed by atoms with Crippen LogP contribution in [-0.2, 0) is 14.9 Å². The molecule has 0 atom stereocenters. The summed E-state index contributed by atoms with van der Waals surface area (Å²) in [6, 6.07) is 6.75. The summed E-state index contributed by atoms with van der Waals surface area (Å²) in [6.45, 7) is 2.71. The first-order chi connectivity index (χ1) is 11.1. The number of hydrogen-bond acceptors (Lipinski definition) is 3. The molecular formula is C18H26ClFN2O2. The van der Waals surface area contributed by atoms with E-state index in [1.54, 1.807) is 19.2 Å². The fourth-order valence-corrected chi connectivity index (χ4v) is 3.59. The molecule has 1 amide bonds. The minimum atomic E-state index is -0.433. The number of benzene rings is 1. The van der Waals surface area contributed by atoms with Gasteiger partial charge in [-0.2, -0.15) is 0 Å². The average Bonchev–Trinajstić information content (AvgIpc) is 3.35. The predicted molar refractivity (Wildman–Crippen MR) is 94.0 cm³/mol. The SMILES string of the molecule is COCC1(C(=O)NCC2(c3cccc(F)c3)CC2)CCNCC1.Cl. The van der Waals surface area contributed by atoms with Crippen LogP contribution in [0.1, 0.15) is 31.2 Å². The maximum Gasteiger partial charge on any atom is 0.228 e. The largest absolute Gasteiger partial charge is 0.384 e. The third-order valence-corrected chi connectivity index (χ3v) is 5.34. The molecule has 1 aromatic rings. The van der Waals surface area contributed by atoms with E-state index in [9.17, 15) is 9.18 Å². The molecule has 0 radical (unpaired) electrons. The van der Waals surface area contributed by atoms with E-state index in [2.05, 4.69) is 10.6 Å². The van der Waals surface area contributed by atoms with E-state index in [1.165, 1.54) is 6.07 Å². The molecule has 1 aliphatic carbocycles. The molecule has 4 nitrogen and oxygen atoms in total. The van der Waals surface area contributed by atoms with Crippen molar-refractivity contribution >= 4 is 18.3 Å². The molecule has 0 spiro atoms. The lowest BCUT2D eigenvalue weighted by atomic mass is 9.78. The molecule has 1 aromatic carbocycles. The lowest BCUT2D eigenvalue weighted by Crippen LogP contribution is -2.51. The van der Waals surface area contributed by atoms with Gasteiger partial charge < -0.3 is 15.4 Å². The maximum absolute atomic E-state index is 13.5. The Morgan fingerprint density at radius 3 is 2.58 bits per heavy atom. The Bertz CT molecular complexity index is 566. The third-order valence-electron chi connectivity index (χ3n) is 5.34. The van der Waals surface area contributed by atoms with E-state index < -0.39 is 5.41 Å². The van der Waals surface area contributed by atoms with Gasteiger partial charge in [-0.05, 0) is 56.5 Å². The number of piperidine rings is 1. The molecule has 1 saturated carbocycles. The fraction of sp³-hybridized carbons (Fsp3) is 0.611. The van der Waals surface area contributed by atoms with Gasteiger partial charge in [0.2, 0.25) is 5.91 Å². The molecule has 3 rings (SSSR count). The van der Waals surface area contributed by atoms with Crippen molar-refractivity contribution < 1.29 is 13.9 Å². The zero-order valence-electron chi connectivity index (χ0n) is 14.1. The molecule has 2 N–H and O–H groups in total. The van der Waals surface area contributed by atoms with E-state index in [1.807, 2.05) is 6.07 Å². The number of methoxy groups -OCH3 is 1. The van der Waals surface area contributed by atoms with Crippen molar-refractivity contribution in [3.8, 4) is 0 Å². The zero-order chi connectivity index (χ0) is 16.3. The number of hydrogen-bond donors (Lipinski definition) is 2. The quantitative estimate of drug-likeness (QED) is 0.823. The minimum absolute atomic E-state index is 0. The molecule has 0 bridgehead atoms. The smallest absolute Gasteiger partial charge is 0.228 e. The highest BCUT2D eigenvalue weighted by Crippen LogP contribution is 2.48. The van der Waals surface area contributed by atoms with Crippen molar-refractivity contribution in [3.05, 3.63) is 35.6 Å². The number of carbonyl (C=O) groups is 1.